The van der Waals surface area contributed by atoms with Crippen LogP contribution in [0.4, 0.5) is 0 Å². The van der Waals surface area contributed by atoms with E-state index < -0.39 is 0 Å². The summed E-state index contributed by atoms with van der Waals surface area (Å²) in [6.45, 7) is 4.36. The van der Waals surface area contributed by atoms with Crippen molar-refractivity contribution >= 4 is 16.8 Å². The Balaban J connectivity index is 1.49. The molecule has 1 amide bonds. The Labute approximate surface area is 176 Å². The van der Waals surface area contributed by atoms with E-state index >= 15 is 0 Å². The van der Waals surface area contributed by atoms with Gasteiger partial charge in [-0.05, 0) is 50.6 Å². The minimum Gasteiger partial charge on any atom is -0.353 e. The molecule has 1 unspecified atom stereocenters. The molecule has 4 rings (SSSR count). The molecule has 6 nitrogen and oxygen atoms in total. The number of carbonyl (C=O) groups is 1. The highest BCUT2D eigenvalue weighted by Crippen LogP contribution is 2.24. The van der Waals surface area contributed by atoms with E-state index in [4.69, 9.17) is 0 Å². The molecule has 0 bridgehead atoms. The van der Waals surface area contributed by atoms with Crippen LogP contribution in [0, 0.1) is 6.92 Å². The number of para-hydroxylation sites is 1. The number of aromatic nitrogens is 2. The SMILES string of the molecule is Cc1nc2ccccc2c(=O)n1CC(=O)NCC(c1ccccc1)N1CCCCC1. The maximum Gasteiger partial charge on any atom is 0.261 e. The van der Waals surface area contributed by atoms with Crippen LogP contribution < -0.4 is 10.9 Å². The van der Waals surface area contributed by atoms with Crippen molar-refractivity contribution in [1.29, 1.82) is 0 Å². The number of nitrogens with zero attached hydrogens (tertiary/aromatic N) is 3. The molecule has 156 valence electrons. The highest BCUT2D eigenvalue weighted by atomic mass is 16.2. The number of nitrogens with one attached hydrogen (secondary N) is 1. The molecule has 1 N–H and O–H groups in total. The summed E-state index contributed by atoms with van der Waals surface area (Å²) in [5.74, 6) is 0.375. The summed E-state index contributed by atoms with van der Waals surface area (Å²) in [5, 5.41) is 3.60. The van der Waals surface area contributed by atoms with Crippen LogP contribution in [0.5, 0.6) is 0 Å². The summed E-state index contributed by atoms with van der Waals surface area (Å²) in [4.78, 5) is 32.5. The van der Waals surface area contributed by atoms with Crippen LogP contribution >= 0.6 is 0 Å². The maximum absolute atomic E-state index is 12.8. The summed E-state index contributed by atoms with van der Waals surface area (Å²) in [6, 6.07) is 17.7. The van der Waals surface area contributed by atoms with Crippen LogP contribution in [-0.4, -0.2) is 40.0 Å². The van der Waals surface area contributed by atoms with Crippen LogP contribution in [0.1, 0.15) is 36.7 Å². The van der Waals surface area contributed by atoms with Gasteiger partial charge in [-0.2, -0.15) is 0 Å². The van der Waals surface area contributed by atoms with Crippen LogP contribution in [0.15, 0.2) is 59.4 Å². The number of hydrogen-bond acceptors (Lipinski definition) is 4. The molecule has 1 aliphatic heterocycles. The average molecular weight is 405 g/mol. The molecule has 0 aliphatic carbocycles. The molecule has 6 heteroatoms. The van der Waals surface area contributed by atoms with Gasteiger partial charge in [-0.1, -0.05) is 48.9 Å². The number of piperidine rings is 1. The van der Waals surface area contributed by atoms with Gasteiger partial charge in [0.05, 0.1) is 16.9 Å². The van der Waals surface area contributed by atoms with Crippen LogP contribution in [0.2, 0.25) is 0 Å². The Morgan fingerprint density at radius 1 is 1.03 bits per heavy atom. The highest BCUT2D eigenvalue weighted by molar-refractivity contribution is 5.79. The monoisotopic (exact) mass is 404 g/mol. The Morgan fingerprint density at radius 3 is 2.50 bits per heavy atom. The first-order valence-corrected chi connectivity index (χ1v) is 10.7. The maximum atomic E-state index is 12.8. The lowest BCUT2D eigenvalue weighted by Gasteiger charge is -2.35. The fourth-order valence-corrected chi connectivity index (χ4v) is 4.24. The van der Waals surface area contributed by atoms with E-state index in [1.54, 1.807) is 13.0 Å². The third kappa shape index (κ3) is 4.44. The summed E-state index contributed by atoms with van der Waals surface area (Å²) in [5.41, 5.74) is 1.69. The smallest absolute Gasteiger partial charge is 0.261 e. The molecule has 1 atom stereocenters. The standard InChI is InChI=1S/C24H28N4O2/c1-18-26-21-13-7-6-12-20(21)24(30)28(18)17-23(29)25-16-22(19-10-4-2-5-11-19)27-14-8-3-9-15-27/h2,4-7,10-13,22H,3,8-9,14-17H2,1H3,(H,25,29). The molecule has 0 saturated carbocycles. The molecule has 1 saturated heterocycles. The van der Waals surface area contributed by atoms with Gasteiger partial charge < -0.3 is 5.32 Å². The molecule has 30 heavy (non-hydrogen) atoms. The van der Waals surface area contributed by atoms with Crippen molar-refractivity contribution in [3.05, 3.63) is 76.3 Å². The summed E-state index contributed by atoms with van der Waals surface area (Å²) in [6.07, 6.45) is 3.64. The average Bonchev–Trinajstić information content (AvgIpc) is 2.78. The zero-order valence-electron chi connectivity index (χ0n) is 17.4. The van der Waals surface area contributed by atoms with Gasteiger partial charge in [0.1, 0.15) is 12.4 Å². The van der Waals surface area contributed by atoms with Gasteiger partial charge in [0.2, 0.25) is 5.91 Å². The van der Waals surface area contributed by atoms with E-state index in [2.05, 4.69) is 27.3 Å². The second-order valence-corrected chi connectivity index (χ2v) is 7.89. The minimum absolute atomic E-state index is 0.0238. The van der Waals surface area contributed by atoms with Gasteiger partial charge in [-0.25, -0.2) is 4.98 Å². The number of benzene rings is 2. The molecule has 2 aromatic carbocycles. The lowest BCUT2D eigenvalue weighted by Crippen LogP contribution is -2.42. The Morgan fingerprint density at radius 2 is 1.73 bits per heavy atom. The number of likely N-dealkylation sites (tertiary alicyclic amines) is 1. The summed E-state index contributed by atoms with van der Waals surface area (Å²) < 4.78 is 1.45. The molecule has 1 aliphatic rings. The topological polar surface area (TPSA) is 67.2 Å². The van der Waals surface area contributed by atoms with Crippen molar-refractivity contribution in [2.24, 2.45) is 0 Å². The molecule has 2 heterocycles. The van der Waals surface area contributed by atoms with Crippen LogP contribution in [0.25, 0.3) is 10.9 Å². The van der Waals surface area contributed by atoms with Crippen molar-refractivity contribution in [3.63, 3.8) is 0 Å². The van der Waals surface area contributed by atoms with E-state index in [-0.39, 0.29) is 24.1 Å². The quantitative estimate of drug-likeness (QED) is 0.686. The number of carbonyl (C=O) groups excluding carboxylic acids is 1. The first-order valence-electron chi connectivity index (χ1n) is 10.7. The molecule has 1 aromatic heterocycles. The van der Waals surface area contributed by atoms with Gasteiger partial charge >= 0.3 is 0 Å². The first kappa shape index (κ1) is 20.3. The Bertz CT molecular complexity index is 1070. The van der Waals surface area contributed by atoms with Gasteiger partial charge in [0, 0.05) is 6.54 Å². The zero-order chi connectivity index (χ0) is 20.9. The Hall–Kier alpha value is -2.99. The van der Waals surface area contributed by atoms with E-state index in [0.717, 1.165) is 13.1 Å². The predicted octanol–water partition coefficient (Wildman–Crippen LogP) is 3.05. The van der Waals surface area contributed by atoms with Gasteiger partial charge in [-0.3, -0.25) is 19.1 Å². The van der Waals surface area contributed by atoms with Crippen molar-refractivity contribution in [3.8, 4) is 0 Å². The molecular weight excluding hydrogens is 376 g/mol. The molecular formula is C24H28N4O2. The lowest BCUT2D eigenvalue weighted by atomic mass is 10.0. The fraction of sp³-hybridized carbons (Fsp3) is 0.375. The third-order valence-corrected chi connectivity index (χ3v) is 5.86. The highest BCUT2D eigenvalue weighted by Gasteiger charge is 2.23. The Kier molecular flexibility index (Phi) is 6.23. The molecule has 0 spiro atoms. The van der Waals surface area contributed by atoms with Crippen LogP contribution in [0.3, 0.4) is 0 Å². The van der Waals surface area contributed by atoms with Crippen LogP contribution in [-0.2, 0) is 11.3 Å². The second-order valence-electron chi connectivity index (χ2n) is 7.89. The van der Waals surface area contributed by atoms with Crippen molar-refractivity contribution < 1.29 is 4.79 Å². The largest absolute Gasteiger partial charge is 0.353 e. The number of fused-ring (bicyclic) bond motifs is 1. The first-order chi connectivity index (χ1) is 14.6. The third-order valence-electron chi connectivity index (χ3n) is 5.86. The van der Waals surface area contributed by atoms with Gasteiger partial charge in [-0.15, -0.1) is 0 Å². The molecule has 0 radical (unpaired) electrons. The predicted molar refractivity (Wildman–Crippen MR) is 118 cm³/mol. The minimum atomic E-state index is -0.177. The fourth-order valence-electron chi connectivity index (χ4n) is 4.24. The number of hydrogen-bond donors (Lipinski definition) is 1. The van der Waals surface area contributed by atoms with E-state index in [1.807, 2.05) is 36.4 Å². The summed E-state index contributed by atoms with van der Waals surface area (Å²) in [7, 11) is 0. The summed E-state index contributed by atoms with van der Waals surface area (Å²) >= 11 is 0. The number of amides is 1. The second kappa shape index (κ2) is 9.22. The van der Waals surface area contributed by atoms with E-state index in [0.29, 0.717) is 23.3 Å². The van der Waals surface area contributed by atoms with E-state index in [9.17, 15) is 9.59 Å². The van der Waals surface area contributed by atoms with Crippen molar-refractivity contribution in [2.75, 3.05) is 19.6 Å². The number of aryl methyl sites for hydroxylation is 1. The van der Waals surface area contributed by atoms with Gasteiger partial charge in [0.25, 0.3) is 5.56 Å². The molecule has 1 fully saturated rings. The molecule has 3 aromatic rings. The zero-order valence-corrected chi connectivity index (χ0v) is 17.4. The van der Waals surface area contributed by atoms with Crippen molar-refractivity contribution in [2.45, 2.75) is 38.8 Å². The number of rotatable bonds is 6. The van der Waals surface area contributed by atoms with Gasteiger partial charge in [0.15, 0.2) is 0 Å². The lowest BCUT2D eigenvalue weighted by molar-refractivity contribution is -0.122. The van der Waals surface area contributed by atoms with Crippen molar-refractivity contribution in [1.82, 2.24) is 19.8 Å². The normalized spacial score (nSPS) is 15.8. The van der Waals surface area contributed by atoms with E-state index in [1.165, 1.54) is 29.4 Å².